The van der Waals surface area contributed by atoms with Crippen LogP contribution in [-0.4, -0.2) is 27.4 Å². The number of hydrogen-bond acceptors (Lipinski definition) is 4. The Bertz CT molecular complexity index is 815. The fraction of sp³-hybridized carbons (Fsp3) is 0.0833. The monoisotopic (exact) mass is 293 g/mol. The molecule has 3 rings (SSSR count). The highest BCUT2D eigenvalue weighted by Gasteiger charge is 2.15. The minimum Gasteiger partial charge on any atom is -0.464 e. The first-order chi connectivity index (χ1) is 9.13. The maximum absolute atomic E-state index is 11.5. The molecule has 0 aliphatic rings. The summed E-state index contributed by atoms with van der Waals surface area (Å²) in [5.41, 5.74) is 1.79. The molecule has 0 saturated heterocycles. The van der Waals surface area contributed by atoms with Gasteiger partial charge in [-0.2, -0.15) is 0 Å². The molecule has 0 radical (unpaired) electrons. The number of esters is 1. The van der Waals surface area contributed by atoms with Crippen LogP contribution in [-0.2, 0) is 4.74 Å². The second kappa shape index (κ2) is 4.44. The Hall–Kier alpha value is -1.71. The van der Waals surface area contributed by atoms with E-state index in [-0.39, 0.29) is 5.69 Å². The summed E-state index contributed by atoms with van der Waals surface area (Å²) in [7, 11) is 3.88. The number of methoxy groups -OCH3 is 1. The number of ether oxygens (including phenoxy) is 1. The molecule has 0 aliphatic heterocycles. The Balaban J connectivity index is 2.45. The highest BCUT2D eigenvalue weighted by Crippen LogP contribution is 2.33. The van der Waals surface area contributed by atoms with Crippen LogP contribution in [0.1, 0.15) is 10.5 Å². The van der Waals surface area contributed by atoms with Gasteiger partial charge in [-0.15, -0.1) is 0 Å². The van der Waals surface area contributed by atoms with Gasteiger partial charge in [0.05, 0.1) is 23.8 Å². The van der Waals surface area contributed by atoms with Crippen LogP contribution in [0, 0.1) is 0 Å². The summed E-state index contributed by atoms with van der Waals surface area (Å²) in [5.74, 6) is -0.480. The van der Waals surface area contributed by atoms with E-state index < -0.39 is 5.97 Å². The van der Waals surface area contributed by atoms with E-state index in [0.29, 0.717) is 5.02 Å². The Morgan fingerprint density at radius 1 is 1.47 bits per heavy atom. The molecule has 0 amide bonds. The minimum absolute atomic E-state index is 0.243. The predicted molar refractivity (Wildman–Crippen MR) is 76.5 cm³/mol. The third-order valence-electron chi connectivity index (χ3n) is 2.91. The van der Waals surface area contributed by atoms with Gasteiger partial charge in [0.2, 0.25) is 0 Å². The van der Waals surface area contributed by atoms with Gasteiger partial charge < -0.3 is 9.07 Å². The molecule has 1 atom stereocenters. The number of fused-ring (bicyclic) bond motifs is 3. The first kappa shape index (κ1) is 12.3. The molecular weight excluding hydrogens is 285 g/mol. The highest BCUT2D eigenvalue weighted by atomic mass is 35.5. The first-order valence-electron chi connectivity index (χ1n) is 5.41. The summed E-state index contributed by atoms with van der Waals surface area (Å²) in [6, 6.07) is 3.38. The molecule has 3 heterocycles. The van der Waals surface area contributed by atoms with Gasteiger partial charge in [0.15, 0.2) is 0 Å². The van der Waals surface area contributed by atoms with Crippen LogP contribution in [0.3, 0.4) is 0 Å². The van der Waals surface area contributed by atoms with Crippen molar-refractivity contribution in [1.29, 1.82) is 0 Å². The molecule has 0 spiro atoms. The van der Waals surface area contributed by atoms with E-state index in [4.69, 9.17) is 11.6 Å². The van der Waals surface area contributed by atoms with E-state index in [1.165, 1.54) is 7.11 Å². The van der Waals surface area contributed by atoms with Crippen molar-refractivity contribution in [3.63, 3.8) is 0 Å². The number of rotatable bonds is 1. The molecule has 7 heteroatoms. The third kappa shape index (κ3) is 1.78. The molecule has 0 saturated carbocycles. The minimum atomic E-state index is -0.480. The maximum atomic E-state index is 11.5. The zero-order valence-corrected chi connectivity index (χ0v) is 11.8. The summed E-state index contributed by atoms with van der Waals surface area (Å²) in [4.78, 5) is 19.9. The van der Waals surface area contributed by atoms with Crippen molar-refractivity contribution in [2.75, 3.05) is 7.11 Å². The van der Waals surface area contributed by atoms with Gasteiger partial charge in [-0.1, -0.05) is 11.6 Å². The Morgan fingerprint density at radius 2 is 2.26 bits per heavy atom. The van der Waals surface area contributed by atoms with E-state index in [1.807, 2.05) is 4.34 Å². The summed E-state index contributed by atoms with van der Waals surface area (Å²) in [5, 5.41) is 2.19. The highest BCUT2D eigenvalue weighted by molar-refractivity contribution is 7.15. The van der Waals surface area contributed by atoms with E-state index in [9.17, 15) is 4.79 Å². The maximum Gasteiger partial charge on any atom is 0.356 e. The van der Waals surface area contributed by atoms with Crippen LogP contribution in [0.2, 0.25) is 5.02 Å². The van der Waals surface area contributed by atoms with E-state index in [0.717, 1.165) is 21.9 Å². The largest absolute Gasteiger partial charge is 0.464 e. The lowest BCUT2D eigenvalue weighted by Crippen LogP contribution is -2.03. The average Bonchev–Trinajstić information content (AvgIpc) is 2.72. The lowest BCUT2D eigenvalue weighted by atomic mass is 10.2. The first-order valence-corrected chi connectivity index (χ1v) is 6.31. The molecule has 5 nitrogen and oxygen atoms in total. The van der Waals surface area contributed by atoms with Gasteiger partial charge in [0, 0.05) is 17.0 Å². The summed E-state index contributed by atoms with van der Waals surface area (Å²) < 4.78 is 6.48. The van der Waals surface area contributed by atoms with Crippen LogP contribution in [0.5, 0.6) is 0 Å². The number of pyridine rings is 2. The molecule has 3 aromatic rings. The van der Waals surface area contributed by atoms with Crippen molar-refractivity contribution in [3.8, 4) is 0 Å². The molecule has 3 aromatic heterocycles. The molecule has 19 heavy (non-hydrogen) atoms. The topological polar surface area (TPSA) is 57.0 Å². The number of aromatic nitrogens is 3. The lowest BCUT2D eigenvalue weighted by molar-refractivity contribution is 0.0594. The van der Waals surface area contributed by atoms with Gasteiger partial charge in [0.25, 0.3) is 0 Å². The Labute approximate surface area is 115 Å². The van der Waals surface area contributed by atoms with Crippen molar-refractivity contribution in [1.82, 2.24) is 14.3 Å². The van der Waals surface area contributed by atoms with Crippen LogP contribution >= 0.6 is 21.0 Å². The summed E-state index contributed by atoms with van der Waals surface area (Å²) in [6.07, 6.45) is 3.24. The standard InChI is InChI=1S/C12H9ClN3O2P/c1-18-12(17)8-4-6-9(5-15-8)16(19)11-10(6)7(13)2-3-14-11/h2-5H,19H2,1H3. The molecular formula is C12H9ClN3O2P. The van der Waals surface area contributed by atoms with Gasteiger partial charge in [-0.05, 0) is 21.5 Å². The molecule has 0 fully saturated rings. The number of halogens is 1. The normalized spacial score (nSPS) is 11.1. The van der Waals surface area contributed by atoms with E-state index in [2.05, 4.69) is 24.1 Å². The van der Waals surface area contributed by atoms with Crippen molar-refractivity contribution < 1.29 is 9.53 Å². The van der Waals surface area contributed by atoms with Crippen molar-refractivity contribution in [2.24, 2.45) is 0 Å². The Morgan fingerprint density at radius 3 is 3.00 bits per heavy atom. The summed E-state index contributed by atoms with van der Waals surface area (Å²) >= 11 is 6.22. The van der Waals surface area contributed by atoms with Gasteiger partial charge >= 0.3 is 5.97 Å². The van der Waals surface area contributed by atoms with Crippen LogP contribution in [0.25, 0.3) is 21.9 Å². The molecule has 0 aliphatic carbocycles. The fourth-order valence-corrected chi connectivity index (χ4v) is 2.67. The molecule has 0 aromatic carbocycles. The van der Waals surface area contributed by atoms with Gasteiger partial charge in [-0.25, -0.2) is 14.8 Å². The quantitative estimate of drug-likeness (QED) is 0.511. The molecule has 0 N–H and O–H groups in total. The van der Waals surface area contributed by atoms with Gasteiger partial charge in [-0.3, -0.25) is 0 Å². The van der Waals surface area contributed by atoms with Crippen molar-refractivity contribution in [2.45, 2.75) is 0 Å². The predicted octanol–water partition coefficient (Wildman–Crippen LogP) is 2.66. The molecule has 0 bridgehead atoms. The molecule has 1 unspecified atom stereocenters. The lowest BCUT2D eigenvalue weighted by Gasteiger charge is -1.99. The van der Waals surface area contributed by atoms with Crippen molar-refractivity contribution in [3.05, 3.63) is 35.2 Å². The fourth-order valence-electron chi connectivity index (χ4n) is 2.03. The average molecular weight is 294 g/mol. The SMILES string of the molecule is COC(=O)c1cc2c3c(Cl)ccnc3n(P)c2cn1. The smallest absolute Gasteiger partial charge is 0.356 e. The number of hydrogen-bond donors (Lipinski definition) is 0. The van der Waals surface area contributed by atoms with E-state index in [1.54, 1.807) is 24.5 Å². The zero-order valence-electron chi connectivity index (χ0n) is 9.92. The van der Waals surface area contributed by atoms with Crippen molar-refractivity contribution >= 4 is 48.9 Å². The number of carbonyl (C=O) groups excluding carboxylic acids is 1. The second-order valence-corrected chi connectivity index (χ2v) is 4.86. The van der Waals surface area contributed by atoms with Crippen LogP contribution in [0.4, 0.5) is 0 Å². The summed E-state index contributed by atoms with van der Waals surface area (Å²) in [6.45, 7) is 0. The van der Waals surface area contributed by atoms with Crippen LogP contribution < -0.4 is 0 Å². The van der Waals surface area contributed by atoms with E-state index >= 15 is 0 Å². The zero-order chi connectivity index (χ0) is 13.6. The third-order valence-corrected chi connectivity index (χ3v) is 3.75. The van der Waals surface area contributed by atoms with Crippen LogP contribution in [0.15, 0.2) is 24.5 Å². The van der Waals surface area contributed by atoms with Gasteiger partial charge in [0.1, 0.15) is 11.3 Å². The number of carbonyl (C=O) groups is 1. The molecule has 96 valence electrons. The Kier molecular flexibility index (Phi) is 2.88. The number of nitrogens with zero attached hydrogens (tertiary/aromatic N) is 3. The second-order valence-electron chi connectivity index (χ2n) is 3.94.